The van der Waals surface area contributed by atoms with E-state index in [-0.39, 0.29) is 18.8 Å². The Morgan fingerprint density at radius 2 is 1.70 bits per heavy atom. The molecule has 0 spiro atoms. The predicted octanol–water partition coefficient (Wildman–Crippen LogP) is 7.94. The second-order valence-corrected chi connectivity index (χ2v) is 13.2. The fraction of sp³-hybridized carbons (Fsp3) is 0.184. The van der Waals surface area contributed by atoms with E-state index in [1.54, 1.807) is 41.8 Å². The lowest BCUT2D eigenvalue weighted by molar-refractivity contribution is -0.138. The molecule has 1 atom stereocenters. The lowest BCUT2D eigenvalue weighted by atomic mass is 9.91. The number of benzene rings is 4. The molecule has 238 valence electrons. The third-order valence-corrected chi connectivity index (χ3v) is 9.29. The summed E-state index contributed by atoms with van der Waals surface area (Å²) in [5.74, 6) is 0.353. The van der Waals surface area contributed by atoms with Gasteiger partial charge < -0.3 is 9.47 Å². The average molecular weight is 684 g/mol. The fourth-order valence-electron chi connectivity index (χ4n) is 5.51. The highest BCUT2D eigenvalue weighted by molar-refractivity contribution is 7.07. The van der Waals surface area contributed by atoms with Crippen LogP contribution >= 0.6 is 34.5 Å². The number of fused-ring (bicyclic) bond motifs is 1. The maximum absolute atomic E-state index is 14.4. The molecular weight excluding hydrogens is 651 g/mol. The molecule has 6 nitrogen and oxygen atoms in total. The van der Waals surface area contributed by atoms with Crippen molar-refractivity contribution >= 4 is 52.3 Å². The zero-order valence-electron chi connectivity index (χ0n) is 26.1. The van der Waals surface area contributed by atoms with E-state index in [9.17, 15) is 9.59 Å². The Kier molecular flexibility index (Phi) is 9.78. The quantitative estimate of drug-likeness (QED) is 0.148. The zero-order chi connectivity index (χ0) is 33.1. The summed E-state index contributed by atoms with van der Waals surface area (Å²) < 4.78 is 13.8. The van der Waals surface area contributed by atoms with Gasteiger partial charge in [-0.2, -0.15) is 0 Å². The van der Waals surface area contributed by atoms with Crippen LogP contribution in [0.2, 0.25) is 10.0 Å². The van der Waals surface area contributed by atoms with Crippen molar-refractivity contribution in [2.45, 2.75) is 39.3 Å². The highest BCUT2D eigenvalue weighted by Gasteiger charge is 2.35. The van der Waals surface area contributed by atoms with Gasteiger partial charge in [0.05, 0.1) is 28.5 Å². The van der Waals surface area contributed by atoms with Crippen LogP contribution in [0.25, 0.3) is 11.8 Å². The molecule has 47 heavy (non-hydrogen) atoms. The van der Waals surface area contributed by atoms with Crippen LogP contribution in [0.5, 0.6) is 5.75 Å². The molecule has 9 heteroatoms. The van der Waals surface area contributed by atoms with Crippen molar-refractivity contribution in [3.63, 3.8) is 0 Å². The summed E-state index contributed by atoms with van der Waals surface area (Å²) in [5, 5.41) is 1.12. The van der Waals surface area contributed by atoms with Crippen molar-refractivity contribution in [1.29, 1.82) is 0 Å². The van der Waals surface area contributed by atoms with Crippen molar-refractivity contribution in [2.75, 3.05) is 6.61 Å². The molecule has 0 bridgehead atoms. The van der Waals surface area contributed by atoms with E-state index in [1.807, 2.05) is 72.8 Å². The number of thiazole rings is 1. The molecule has 0 unspecified atom stereocenters. The van der Waals surface area contributed by atoms with Crippen LogP contribution in [0, 0.1) is 0 Å². The van der Waals surface area contributed by atoms with Crippen LogP contribution in [-0.2, 0) is 16.1 Å². The first kappa shape index (κ1) is 32.5. The van der Waals surface area contributed by atoms with E-state index in [2.05, 4.69) is 13.8 Å². The van der Waals surface area contributed by atoms with Crippen LogP contribution in [0.3, 0.4) is 0 Å². The predicted molar refractivity (Wildman–Crippen MR) is 189 cm³/mol. The minimum Gasteiger partial charge on any atom is -0.488 e. The van der Waals surface area contributed by atoms with Crippen molar-refractivity contribution in [2.24, 2.45) is 4.99 Å². The molecule has 5 aromatic rings. The van der Waals surface area contributed by atoms with Crippen LogP contribution in [0.15, 0.2) is 112 Å². The number of hydrogen-bond donors (Lipinski definition) is 0. The standard InChI is InChI=1S/C38H32Cl2N2O4S/c1-4-45-37(44)33-34(26-10-6-5-7-11-26)41-38-42(35(33)27-15-13-25(14-16-27)23(2)3)36(43)32(47-38)21-28-20-30(40)17-18-31(28)46-22-24-9-8-12-29(39)19-24/h5-21,23,35H,4,22H2,1-3H3/b32-21-/t35-/m1/s1. The Bertz CT molecular complexity index is 2150. The van der Waals surface area contributed by atoms with Crippen molar-refractivity contribution in [3.8, 4) is 5.75 Å². The maximum atomic E-state index is 14.4. The number of rotatable bonds is 9. The highest BCUT2D eigenvalue weighted by Crippen LogP contribution is 2.36. The van der Waals surface area contributed by atoms with Gasteiger partial charge >= 0.3 is 5.97 Å². The van der Waals surface area contributed by atoms with Crippen molar-refractivity contribution in [1.82, 2.24) is 4.57 Å². The van der Waals surface area contributed by atoms with Gasteiger partial charge in [0, 0.05) is 21.2 Å². The Balaban J connectivity index is 1.54. The van der Waals surface area contributed by atoms with Gasteiger partial charge in [-0.25, -0.2) is 9.79 Å². The lowest BCUT2D eigenvalue weighted by Crippen LogP contribution is -2.40. The van der Waals surface area contributed by atoms with E-state index in [4.69, 9.17) is 37.7 Å². The average Bonchev–Trinajstić information content (AvgIpc) is 3.38. The second-order valence-electron chi connectivity index (χ2n) is 11.4. The van der Waals surface area contributed by atoms with Gasteiger partial charge in [0.15, 0.2) is 4.80 Å². The number of ether oxygens (including phenoxy) is 2. The normalized spacial score (nSPS) is 14.6. The number of carbonyl (C=O) groups excluding carboxylic acids is 1. The molecule has 0 radical (unpaired) electrons. The van der Waals surface area contributed by atoms with Gasteiger partial charge in [-0.1, -0.05) is 115 Å². The summed E-state index contributed by atoms with van der Waals surface area (Å²) in [5.41, 5.74) is 4.71. The van der Waals surface area contributed by atoms with E-state index in [1.165, 1.54) is 11.3 Å². The van der Waals surface area contributed by atoms with Gasteiger partial charge in [-0.3, -0.25) is 9.36 Å². The van der Waals surface area contributed by atoms with Gasteiger partial charge in [-0.05, 0) is 65.9 Å². The van der Waals surface area contributed by atoms with Crippen LogP contribution in [-0.4, -0.2) is 17.1 Å². The summed E-state index contributed by atoms with van der Waals surface area (Å²) >= 11 is 13.8. The van der Waals surface area contributed by atoms with Gasteiger partial charge in [-0.15, -0.1) is 0 Å². The third-order valence-electron chi connectivity index (χ3n) is 7.83. The number of halogens is 2. The number of aromatic nitrogens is 1. The molecule has 0 amide bonds. The first-order valence-corrected chi connectivity index (χ1v) is 16.9. The van der Waals surface area contributed by atoms with Crippen molar-refractivity contribution < 1.29 is 14.3 Å². The molecule has 1 aliphatic heterocycles. The molecule has 0 aliphatic carbocycles. The van der Waals surface area contributed by atoms with E-state index in [0.29, 0.717) is 47.9 Å². The first-order valence-electron chi connectivity index (χ1n) is 15.3. The van der Waals surface area contributed by atoms with Crippen LogP contribution in [0.1, 0.15) is 60.5 Å². The molecule has 1 aliphatic rings. The minimum absolute atomic E-state index is 0.181. The lowest BCUT2D eigenvalue weighted by Gasteiger charge is -2.26. The SMILES string of the molecule is CCOC(=O)C1=C(c2ccccc2)N=c2s/c(=C\c3cc(Cl)ccc3OCc3cccc(Cl)c3)c(=O)n2[C@@H]1c1ccc(C(C)C)cc1. The summed E-state index contributed by atoms with van der Waals surface area (Å²) in [6.07, 6.45) is 1.76. The molecule has 1 aromatic heterocycles. The summed E-state index contributed by atoms with van der Waals surface area (Å²) in [6.45, 7) is 6.47. The first-order chi connectivity index (χ1) is 22.7. The zero-order valence-corrected chi connectivity index (χ0v) is 28.4. The topological polar surface area (TPSA) is 69.9 Å². The summed E-state index contributed by atoms with van der Waals surface area (Å²) in [7, 11) is 0. The second kappa shape index (κ2) is 14.1. The Morgan fingerprint density at radius 1 is 0.957 bits per heavy atom. The maximum Gasteiger partial charge on any atom is 0.338 e. The molecule has 0 N–H and O–H groups in total. The molecule has 4 aromatic carbocycles. The summed E-state index contributed by atoms with van der Waals surface area (Å²) in [4.78, 5) is 33.5. The molecular formula is C38H32Cl2N2O4S. The largest absolute Gasteiger partial charge is 0.488 e. The fourth-order valence-corrected chi connectivity index (χ4v) is 6.90. The third kappa shape index (κ3) is 6.98. The number of carbonyl (C=O) groups is 1. The molecule has 0 saturated heterocycles. The smallest absolute Gasteiger partial charge is 0.338 e. The van der Waals surface area contributed by atoms with Crippen LogP contribution in [0.4, 0.5) is 0 Å². The number of hydrogen-bond acceptors (Lipinski definition) is 6. The van der Waals surface area contributed by atoms with E-state index < -0.39 is 12.0 Å². The monoisotopic (exact) mass is 682 g/mol. The Morgan fingerprint density at radius 3 is 2.40 bits per heavy atom. The van der Waals surface area contributed by atoms with Crippen LogP contribution < -0.4 is 19.6 Å². The van der Waals surface area contributed by atoms with Crippen molar-refractivity contribution in [3.05, 3.63) is 160 Å². The Labute approximate surface area is 286 Å². The molecule has 2 heterocycles. The Hall–Kier alpha value is -4.43. The van der Waals surface area contributed by atoms with E-state index >= 15 is 0 Å². The number of nitrogens with zero attached hydrogens (tertiary/aromatic N) is 2. The summed E-state index contributed by atoms with van der Waals surface area (Å²) in [6, 6.07) is 29.5. The molecule has 0 saturated carbocycles. The molecule has 0 fully saturated rings. The van der Waals surface area contributed by atoms with Gasteiger partial charge in [0.25, 0.3) is 5.56 Å². The molecule has 6 rings (SSSR count). The highest BCUT2D eigenvalue weighted by atomic mass is 35.5. The minimum atomic E-state index is -0.762. The number of esters is 1. The van der Waals surface area contributed by atoms with E-state index in [0.717, 1.165) is 22.3 Å². The van der Waals surface area contributed by atoms with Gasteiger partial charge in [0.2, 0.25) is 0 Å². The van der Waals surface area contributed by atoms with Gasteiger partial charge in [0.1, 0.15) is 12.4 Å².